The van der Waals surface area contributed by atoms with Gasteiger partial charge in [-0.1, -0.05) is 12.1 Å². The van der Waals surface area contributed by atoms with Crippen molar-refractivity contribution in [3.8, 4) is 11.8 Å². The predicted molar refractivity (Wildman–Crippen MR) is 50.8 cm³/mol. The Labute approximate surface area is 81.4 Å². The van der Waals surface area contributed by atoms with Crippen molar-refractivity contribution in [3.63, 3.8) is 0 Å². The third kappa shape index (κ3) is 1.25. The number of rotatable bonds is 1. The van der Waals surface area contributed by atoms with Gasteiger partial charge in [-0.3, -0.25) is 0 Å². The topological polar surface area (TPSA) is 54.5 Å². The smallest absolute Gasteiger partial charge is 0.138 e. The van der Waals surface area contributed by atoms with Gasteiger partial charge in [0.25, 0.3) is 0 Å². The van der Waals surface area contributed by atoms with Crippen molar-refractivity contribution in [2.24, 2.45) is 0 Å². The van der Waals surface area contributed by atoms with Gasteiger partial charge in [-0.25, -0.2) is 9.67 Å². The first kappa shape index (κ1) is 8.45. The fourth-order valence-corrected chi connectivity index (χ4v) is 1.38. The fourth-order valence-electron chi connectivity index (χ4n) is 1.38. The summed E-state index contributed by atoms with van der Waals surface area (Å²) in [6.45, 7) is 1.94. The molecule has 0 saturated heterocycles. The Balaban J connectivity index is 2.69. The first-order valence-electron chi connectivity index (χ1n) is 4.17. The Kier molecular flexibility index (Phi) is 1.99. The van der Waals surface area contributed by atoms with Gasteiger partial charge in [-0.15, -0.1) is 0 Å². The fraction of sp³-hybridized carbons (Fsp3) is 0.100. The second-order valence-corrected chi connectivity index (χ2v) is 2.92. The molecule has 0 aliphatic heterocycles. The molecule has 0 radical (unpaired) electrons. The summed E-state index contributed by atoms with van der Waals surface area (Å²) in [4.78, 5) is 3.86. The minimum atomic E-state index is 0.607. The highest BCUT2D eigenvalue weighted by Gasteiger charge is 2.06. The molecule has 4 nitrogen and oxygen atoms in total. The average Bonchev–Trinajstić information content (AvgIpc) is 2.70. The quantitative estimate of drug-likeness (QED) is 0.674. The van der Waals surface area contributed by atoms with Gasteiger partial charge < -0.3 is 0 Å². The van der Waals surface area contributed by atoms with Crippen molar-refractivity contribution in [3.05, 3.63) is 42.0 Å². The highest BCUT2D eigenvalue weighted by molar-refractivity contribution is 5.52. The number of benzene rings is 1. The van der Waals surface area contributed by atoms with E-state index in [1.165, 1.54) is 6.33 Å². The van der Waals surface area contributed by atoms with Gasteiger partial charge in [-0.05, 0) is 18.6 Å². The van der Waals surface area contributed by atoms with Gasteiger partial charge in [0.2, 0.25) is 0 Å². The van der Waals surface area contributed by atoms with Crippen LogP contribution in [-0.2, 0) is 0 Å². The van der Waals surface area contributed by atoms with Crippen molar-refractivity contribution in [2.75, 3.05) is 0 Å². The second-order valence-electron chi connectivity index (χ2n) is 2.92. The standard InChI is InChI=1S/C10H8N4/c1-8-3-2-4-9(5-11)10(8)14-7-12-6-13-14/h2-4,6-7H,1H3. The number of nitrogens with zero attached hydrogens (tertiary/aromatic N) is 4. The van der Waals surface area contributed by atoms with Gasteiger partial charge in [0.15, 0.2) is 0 Å². The molecule has 14 heavy (non-hydrogen) atoms. The van der Waals surface area contributed by atoms with E-state index in [1.807, 2.05) is 19.1 Å². The number of nitriles is 1. The van der Waals surface area contributed by atoms with Crippen LogP contribution in [0.2, 0.25) is 0 Å². The van der Waals surface area contributed by atoms with Gasteiger partial charge in [-0.2, -0.15) is 10.4 Å². The summed E-state index contributed by atoms with van der Waals surface area (Å²) >= 11 is 0. The Hall–Kier alpha value is -2.15. The summed E-state index contributed by atoms with van der Waals surface area (Å²) in [7, 11) is 0. The Morgan fingerprint density at radius 2 is 2.29 bits per heavy atom. The molecule has 2 aromatic rings. The molecule has 0 bridgehead atoms. The lowest BCUT2D eigenvalue weighted by atomic mass is 10.1. The second kappa shape index (κ2) is 3.30. The SMILES string of the molecule is Cc1cccc(C#N)c1-n1cncn1. The van der Waals surface area contributed by atoms with Crippen molar-refractivity contribution >= 4 is 0 Å². The molecule has 0 aliphatic carbocycles. The third-order valence-electron chi connectivity index (χ3n) is 2.01. The lowest BCUT2D eigenvalue weighted by Crippen LogP contribution is -2.00. The molecule has 1 aromatic heterocycles. The molecule has 0 N–H and O–H groups in total. The zero-order valence-electron chi connectivity index (χ0n) is 7.68. The van der Waals surface area contributed by atoms with Crippen LogP contribution in [0.15, 0.2) is 30.9 Å². The molecule has 68 valence electrons. The molecule has 0 aliphatic rings. The van der Waals surface area contributed by atoms with E-state index in [4.69, 9.17) is 5.26 Å². The van der Waals surface area contributed by atoms with Crippen LogP contribution in [0.4, 0.5) is 0 Å². The van der Waals surface area contributed by atoms with Crippen molar-refractivity contribution in [1.29, 1.82) is 5.26 Å². The van der Waals surface area contributed by atoms with Gasteiger partial charge in [0, 0.05) is 0 Å². The van der Waals surface area contributed by atoms with Gasteiger partial charge >= 0.3 is 0 Å². The van der Waals surface area contributed by atoms with E-state index in [1.54, 1.807) is 17.1 Å². The molecule has 0 spiro atoms. The third-order valence-corrected chi connectivity index (χ3v) is 2.01. The van der Waals surface area contributed by atoms with Crippen LogP contribution in [-0.4, -0.2) is 14.8 Å². The van der Waals surface area contributed by atoms with Gasteiger partial charge in [0.1, 0.15) is 18.7 Å². The van der Waals surface area contributed by atoms with E-state index in [0.717, 1.165) is 11.3 Å². The lowest BCUT2D eigenvalue weighted by molar-refractivity contribution is 0.868. The van der Waals surface area contributed by atoms with Crippen molar-refractivity contribution in [1.82, 2.24) is 14.8 Å². The van der Waals surface area contributed by atoms with E-state index in [0.29, 0.717) is 5.56 Å². The largest absolute Gasteiger partial charge is 0.223 e. The number of hydrogen-bond donors (Lipinski definition) is 0. The van der Waals surface area contributed by atoms with Crippen LogP contribution < -0.4 is 0 Å². The first-order valence-corrected chi connectivity index (χ1v) is 4.17. The highest BCUT2D eigenvalue weighted by Crippen LogP contribution is 2.16. The van der Waals surface area contributed by atoms with E-state index in [2.05, 4.69) is 16.2 Å². The number of para-hydroxylation sites is 1. The molecule has 0 atom stereocenters. The summed E-state index contributed by atoms with van der Waals surface area (Å²) in [5.74, 6) is 0. The first-order chi connectivity index (χ1) is 6.83. The van der Waals surface area contributed by atoms with Gasteiger partial charge in [0.05, 0.1) is 11.3 Å². The Bertz CT molecular complexity index is 479. The average molecular weight is 184 g/mol. The lowest BCUT2D eigenvalue weighted by Gasteiger charge is -2.06. The molecule has 1 aromatic carbocycles. The van der Waals surface area contributed by atoms with Crippen LogP contribution in [0.5, 0.6) is 0 Å². The summed E-state index contributed by atoms with van der Waals surface area (Å²) in [5.41, 5.74) is 2.41. The zero-order valence-corrected chi connectivity index (χ0v) is 7.68. The summed E-state index contributed by atoms with van der Waals surface area (Å²) in [5, 5.41) is 12.9. The van der Waals surface area contributed by atoms with Crippen LogP contribution in [0.3, 0.4) is 0 Å². The van der Waals surface area contributed by atoms with E-state index < -0.39 is 0 Å². The van der Waals surface area contributed by atoms with Crippen LogP contribution >= 0.6 is 0 Å². The molecule has 0 amide bonds. The number of hydrogen-bond acceptors (Lipinski definition) is 3. The summed E-state index contributed by atoms with van der Waals surface area (Å²) in [6, 6.07) is 7.70. The summed E-state index contributed by atoms with van der Waals surface area (Å²) in [6.07, 6.45) is 3.04. The minimum absolute atomic E-state index is 0.607. The van der Waals surface area contributed by atoms with Crippen molar-refractivity contribution in [2.45, 2.75) is 6.92 Å². The van der Waals surface area contributed by atoms with E-state index in [-0.39, 0.29) is 0 Å². The summed E-state index contributed by atoms with van der Waals surface area (Å²) < 4.78 is 1.61. The van der Waals surface area contributed by atoms with Crippen LogP contribution in [0.1, 0.15) is 11.1 Å². The van der Waals surface area contributed by atoms with E-state index >= 15 is 0 Å². The number of aryl methyl sites for hydroxylation is 1. The number of aromatic nitrogens is 3. The maximum absolute atomic E-state index is 8.93. The molecule has 0 fully saturated rings. The Morgan fingerprint density at radius 3 is 2.93 bits per heavy atom. The van der Waals surface area contributed by atoms with Crippen LogP contribution in [0.25, 0.3) is 5.69 Å². The normalized spacial score (nSPS) is 9.71. The molecule has 2 rings (SSSR count). The van der Waals surface area contributed by atoms with E-state index in [9.17, 15) is 0 Å². The monoisotopic (exact) mass is 184 g/mol. The molecule has 1 heterocycles. The molecular formula is C10H8N4. The predicted octanol–water partition coefficient (Wildman–Crippen LogP) is 1.45. The van der Waals surface area contributed by atoms with Crippen LogP contribution in [0, 0.1) is 18.3 Å². The molecule has 0 saturated carbocycles. The highest BCUT2D eigenvalue weighted by atomic mass is 15.3. The van der Waals surface area contributed by atoms with Crippen molar-refractivity contribution < 1.29 is 0 Å². The molecular weight excluding hydrogens is 176 g/mol. The zero-order chi connectivity index (χ0) is 9.97. The Morgan fingerprint density at radius 1 is 1.43 bits per heavy atom. The molecule has 4 heteroatoms. The maximum atomic E-state index is 8.93. The minimum Gasteiger partial charge on any atom is -0.223 e. The molecule has 0 unspecified atom stereocenters. The maximum Gasteiger partial charge on any atom is 0.138 e.